The van der Waals surface area contributed by atoms with Crippen molar-refractivity contribution >= 4 is 17.1 Å². The molecule has 1 aromatic rings. The monoisotopic (exact) mass is 224 g/mol. The molecule has 1 atom stereocenters. The molecule has 82 valence electrons. The number of piperazine rings is 1. The van der Waals surface area contributed by atoms with E-state index in [9.17, 15) is 4.79 Å². The van der Waals surface area contributed by atoms with Crippen LogP contribution in [0.25, 0.3) is 0 Å². The maximum Gasteiger partial charge on any atom is 0.186 e. The van der Waals surface area contributed by atoms with Crippen LogP contribution >= 0.6 is 11.3 Å². The van der Waals surface area contributed by atoms with Gasteiger partial charge in [0, 0.05) is 25.7 Å². The second-order valence-corrected chi connectivity index (χ2v) is 4.94. The van der Waals surface area contributed by atoms with Gasteiger partial charge in [0.2, 0.25) is 0 Å². The maximum absolute atomic E-state index is 11.8. The van der Waals surface area contributed by atoms with Crippen molar-refractivity contribution in [3.05, 3.63) is 22.4 Å². The fraction of sp³-hybridized carbons (Fsp3) is 0.545. The highest BCUT2D eigenvalue weighted by Gasteiger charge is 2.18. The first-order valence-corrected chi connectivity index (χ1v) is 6.16. The Morgan fingerprint density at radius 1 is 1.73 bits per heavy atom. The SMILES string of the molecule is CC1CN(CC(=O)c2cccs2)CCN1. The van der Waals surface area contributed by atoms with Crippen LogP contribution in [0.1, 0.15) is 16.6 Å². The molecule has 1 aliphatic rings. The Balaban J connectivity index is 1.89. The summed E-state index contributed by atoms with van der Waals surface area (Å²) in [7, 11) is 0. The van der Waals surface area contributed by atoms with Gasteiger partial charge in [-0.15, -0.1) is 11.3 Å². The van der Waals surface area contributed by atoms with Crippen LogP contribution in [0, 0.1) is 0 Å². The van der Waals surface area contributed by atoms with Crippen molar-refractivity contribution in [1.82, 2.24) is 10.2 Å². The first-order valence-electron chi connectivity index (χ1n) is 5.28. The summed E-state index contributed by atoms with van der Waals surface area (Å²) < 4.78 is 0. The lowest BCUT2D eigenvalue weighted by Gasteiger charge is -2.31. The Kier molecular flexibility index (Phi) is 3.51. The second-order valence-electron chi connectivity index (χ2n) is 3.99. The van der Waals surface area contributed by atoms with Gasteiger partial charge in [0.15, 0.2) is 5.78 Å². The van der Waals surface area contributed by atoms with Gasteiger partial charge in [-0.3, -0.25) is 9.69 Å². The predicted molar refractivity (Wildman–Crippen MR) is 62.6 cm³/mol. The largest absolute Gasteiger partial charge is 0.312 e. The van der Waals surface area contributed by atoms with Gasteiger partial charge in [0.25, 0.3) is 0 Å². The first kappa shape index (κ1) is 10.8. The van der Waals surface area contributed by atoms with Gasteiger partial charge in [-0.05, 0) is 18.4 Å². The highest BCUT2D eigenvalue weighted by atomic mass is 32.1. The Hall–Kier alpha value is -0.710. The van der Waals surface area contributed by atoms with Crippen molar-refractivity contribution in [1.29, 1.82) is 0 Å². The summed E-state index contributed by atoms with van der Waals surface area (Å²) in [6.07, 6.45) is 0. The molecule has 1 N–H and O–H groups in total. The van der Waals surface area contributed by atoms with E-state index in [2.05, 4.69) is 17.1 Å². The van der Waals surface area contributed by atoms with Gasteiger partial charge in [-0.1, -0.05) is 6.07 Å². The number of Topliss-reactive ketones (excluding diaryl/α,β-unsaturated/α-hetero) is 1. The molecule has 0 bridgehead atoms. The van der Waals surface area contributed by atoms with E-state index < -0.39 is 0 Å². The first-order chi connectivity index (χ1) is 7.25. The molecule has 1 saturated heterocycles. The molecule has 0 spiro atoms. The molecule has 1 fully saturated rings. The van der Waals surface area contributed by atoms with E-state index in [1.54, 1.807) is 0 Å². The third kappa shape index (κ3) is 2.87. The number of hydrogen-bond donors (Lipinski definition) is 1. The van der Waals surface area contributed by atoms with Gasteiger partial charge in [-0.2, -0.15) is 0 Å². The van der Waals surface area contributed by atoms with Crippen molar-refractivity contribution in [3.63, 3.8) is 0 Å². The number of thiophene rings is 1. The summed E-state index contributed by atoms with van der Waals surface area (Å²) in [6.45, 7) is 5.64. The Morgan fingerprint density at radius 3 is 3.27 bits per heavy atom. The zero-order chi connectivity index (χ0) is 10.7. The van der Waals surface area contributed by atoms with Gasteiger partial charge < -0.3 is 5.32 Å². The zero-order valence-electron chi connectivity index (χ0n) is 8.90. The maximum atomic E-state index is 11.8. The van der Waals surface area contributed by atoms with Crippen LogP contribution in [0.4, 0.5) is 0 Å². The molecule has 1 unspecified atom stereocenters. The number of rotatable bonds is 3. The Bertz CT molecular complexity index is 323. The zero-order valence-corrected chi connectivity index (χ0v) is 9.72. The molecule has 2 rings (SSSR count). The molecule has 15 heavy (non-hydrogen) atoms. The molecule has 1 aromatic heterocycles. The minimum absolute atomic E-state index is 0.249. The van der Waals surface area contributed by atoms with Crippen molar-refractivity contribution < 1.29 is 4.79 Å². The van der Waals surface area contributed by atoms with Gasteiger partial charge in [-0.25, -0.2) is 0 Å². The number of nitrogens with zero attached hydrogens (tertiary/aromatic N) is 1. The second kappa shape index (κ2) is 4.88. The molecule has 4 heteroatoms. The quantitative estimate of drug-likeness (QED) is 0.784. The van der Waals surface area contributed by atoms with Gasteiger partial charge >= 0.3 is 0 Å². The number of carbonyl (C=O) groups excluding carboxylic acids is 1. The summed E-state index contributed by atoms with van der Waals surface area (Å²) in [4.78, 5) is 14.9. The van der Waals surface area contributed by atoms with E-state index in [4.69, 9.17) is 0 Å². The van der Waals surface area contributed by atoms with Crippen molar-refractivity contribution in [2.75, 3.05) is 26.2 Å². The summed E-state index contributed by atoms with van der Waals surface area (Å²) in [5.74, 6) is 0.249. The van der Waals surface area contributed by atoms with E-state index in [0.717, 1.165) is 24.5 Å². The third-order valence-electron chi connectivity index (χ3n) is 2.62. The normalized spacial score (nSPS) is 22.9. The Labute approximate surface area is 94.1 Å². The van der Waals surface area contributed by atoms with Gasteiger partial charge in [0.1, 0.15) is 0 Å². The molecule has 1 aliphatic heterocycles. The number of hydrogen-bond acceptors (Lipinski definition) is 4. The third-order valence-corrected chi connectivity index (χ3v) is 3.53. The lowest BCUT2D eigenvalue weighted by molar-refractivity contribution is 0.0912. The van der Waals surface area contributed by atoms with Gasteiger partial charge in [0.05, 0.1) is 11.4 Å². The van der Waals surface area contributed by atoms with Crippen molar-refractivity contribution in [2.45, 2.75) is 13.0 Å². The van der Waals surface area contributed by atoms with Crippen LogP contribution in [-0.2, 0) is 0 Å². The minimum atomic E-state index is 0.249. The fourth-order valence-corrected chi connectivity index (χ4v) is 2.53. The average molecular weight is 224 g/mol. The van der Waals surface area contributed by atoms with E-state index in [1.807, 2.05) is 17.5 Å². The van der Waals surface area contributed by atoms with E-state index in [-0.39, 0.29) is 5.78 Å². The molecular weight excluding hydrogens is 208 g/mol. The van der Waals surface area contributed by atoms with Crippen LogP contribution in [0.2, 0.25) is 0 Å². The van der Waals surface area contributed by atoms with E-state index in [1.165, 1.54) is 11.3 Å². The van der Waals surface area contributed by atoms with E-state index in [0.29, 0.717) is 12.6 Å². The Morgan fingerprint density at radius 2 is 2.60 bits per heavy atom. The molecule has 2 heterocycles. The molecule has 0 amide bonds. The molecule has 3 nitrogen and oxygen atoms in total. The number of ketones is 1. The smallest absolute Gasteiger partial charge is 0.186 e. The molecule has 0 aliphatic carbocycles. The lowest BCUT2D eigenvalue weighted by Crippen LogP contribution is -2.50. The summed E-state index contributed by atoms with van der Waals surface area (Å²) in [6, 6.07) is 4.33. The number of carbonyl (C=O) groups is 1. The molecular formula is C11H16N2OS. The van der Waals surface area contributed by atoms with Crippen LogP contribution in [0.15, 0.2) is 17.5 Å². The fourth-order valence-electron chi connectivity index (χ4n) is 1.87. The topological polar surface area (TPSA) is 32.3 Å². The minimum Gasteiger partial charge on any atom is -0.312 e. The summed E-state index contributed by atoms with van der Waals surface area (Å²) in [5.41, 5.74) is 0. The lowest BCUT2D eigenvalue weighted by atomic mass is 10.2. The molecule has 0 saturated carbocycles. The molecule has 0 aromatic carbocycles. The van der Waals surface area contributed by atoms with Crippen molar-refractivity contribution in [3.8, 4) is 0 Å². The summed E-state index contributed by atoms with van der Waals surface area (Å²) >= 11 is 1.53. The van der Waals surface area contributed by atoms with Crippen LogP contribution < -0.4 is 5.32 Å². The highest BCUT2D eigenvalue weighted by molar-refractivity contribution is 7.12. The number of nitrogens with one attached hydrogen (secondary N) is 1. The summed E-state index contributed by atoms with van der Waals surface area (Å²) in [5, 5.41) is 5.32. The van der Waals surface area contributed by atoms with Crippen LogP contribution in [-0.4, -0.2) is 42.9 Å². The average Bonchev–Trinajstić information content (AvgIpc) is 2.70. The standard InChI is InChI=1S/C11H16N2OS/c1-9-7-13(5-4-12-9)8-10(14)11-3-2-6-15-11/h2-3,6,9,12H,4-5,7-8H2,1H3. The van der Waals surface area contributed by atoms with Crippen molar-refractivity contribution in [2.24, 2.45) is 0 Å². The molecule has 0 radical (unpaired) electrons. The van der Waals surface area contributed by atoms with Crippen LogP contribution in [0.5, 0.6) is 0 Å². The predicted octanol–water partition coefficient (Wildman–Crippen LogP) is 1.22. The van der Waals surface area contributed by atoms with Crippen LogP contribution in [0.3, 0.4) is 0 Å². The van der Waals surface area contributed by atoms with E-state index >= 15 is 0 Å². The highest BCUT2D eigenvalue weighted by Crippen LogP contribution is 2.10.